The Morgan fingerprint density at radius 3 is 0.600 bits per heavy atom. The summed E-state index contributed by atoms with van der Waals surface area (Å²) < 4.78 is 0. The SMILES string of the molecule is [Ni+2].[Ni+2].[Ni].[S-2].[S-2]. The topological polar surface area (TPSA) is 0 Å². The fourth-order valence-corrected chi connectivity index (χ4v) is 0. The molecule has 0 aliphatic carbocycles. The quantitative estimate of drug-likeness (QED) is 0.522. The van der Waals surface area contributed by atoms with Crippen LogP contribution < -0.4 is 0 Å². The van der Waals surface area contributed by atoms with Gasteiger partial charge < -0.3 is 27.0 Å². The Labute approximate surface area is 75.9 Å². The molecule has 0 bridgehead atoms. The van der Waals surface area contributed by atoms with Crippen LogP contribution in [-0.4, -0.2) is 0 Å². The Morgan fingerprint density at radius 1 is 0.600 bits per heavy atom. The summed E-state index contributed by atoms with van der Waals surface area (Å²) in [5, 5.41) is 0. The van der Waals surface area contributed by atoms with Crippen molar-refractivity contribution >= 4 is 27.0 Å². The third-order valence-electron chi connectivity index (χ3n) is 0. The van der Waals surface area contributed by atoms with E-state index in [9.17, 15) is 0 Å². The second-order valence-electron chi connectivity index (χ2n) is 0. The van der Waals surface area contributed by atoms with Crippen molar-refractivity contribution in [2.75, 3.05) is 0 Å². The van der Waals surface area contributed by atoms with E-state index < -0.39 is 0 Å². The number of hydrogen-bond acceptors (Lipinski definition) is 0. The smallest absolute Gasteiger partial charge is 2.00 e. The molecule has 0 nitrogen and oxygen atoms in total. The van der Waals surface area contributed by atoms with Crippen LogP contribution in [0.1, 0.15) is 0 Å². The molecule has 0 heterocycles. The summed E-state index contributed by atoms with van der Waals surface area (Å²) in [7, 11) is 0. The molecule has 42 valence electrons. The molecule has 0 N–H and O–H groups in total. The third kappa shape index (κ3) is 22.7. The van der Waals surface area contributed by atoms with Gasteiger partial charge in [-0.15, -0.1) is 0 Å². The molecule has 5 heavy (non-hydrogen) atoms. The summed E-state index contributed by atoms with van der Waals surface area (Å²) >= 11 is 0. The Kier molecular flexibility index (Phi) is 403. The van der Waals surface area contributed by atoms with Crippen molar-refractivity contribution in [3.05, 3.63) is 0 Å². The fraction of sp³-hybridized carbons (Fsp3) is 0. The predicted molar refractivity (Wildman–Crippen MR) is 14.7 cm³/mol. The monoisotopic (exact) mass is 238 g/mol. The first-order valence-corrected chi connectivity index (χ1v) is 0. The van der Waals surface area contributed by atoms with Crippen LogP contribution in [0, 0.1) is 0 Å². The van der Waals surface area contributed by atoms with Crippen LogP contribution >= 0.6 is 0 Å². The van der Waals surface area contributed by atoms with E-state index in [0.717, 1.165) is 0 Å². The van der Waals surface area contributed by atoms with E-state index in [1.165, 1.54) is 0 Å². The minimum Gasteiger partial charge on any atom is -2.00 e. The molecule has 0 aromatic rings. The first-order valence-electron chi connectivity index (χ1n) is 0. The van der Waals surface area contributed by atoms with Crippen LogP contribution in [0.4, 0.5) is 0 Å². The van der Waals surface area contributed by atoms with Gasteiger partial charge in [-0.3, -0.25) is 0 Å². The molecule has 0 unspecified atom stereocenters. The molecule has 0 aliphatic heterocycles. The Bertz CT molecular complexity index is 4.85. The van der Waals surface area contributed by atoms with Crippen LogP contribution in [0.3, 0.4) is 0 Å². The van der Waals surface area contributed by atoms with E-state index in [1.54, 1.807) is 0 Å². The summed E-state index contributed by atoms with van der Waals surface area (Å²) in [6.45, 7) is 0. The van der Waals surface area contributed by atoms with Gasteiger partial charge in [-0.05, 0) is 0 Å². The predicted octanol–water partition coefficient (Wildman–Crippen LogP) is -0.0123. The van der Waals surface area contributed by atoms with Crippen LogP contribution in [0.15, 0.2) is 0 Å². The minimum absolute atomic E-state index is 0. The summed E-state index contributed by atoms with van der Waals surface area (Å²) in [5.41, 5.74) is 0. The molecule has 5 heteroatoms. The van der Waals surface area contributed by atoms with Gasteiger partial charge in [0.2, 0.25) is 0 Å². The van der Waals surface area contributed by atoms with E-state index in [2.05, 4.69) is 0 Å². The van der Waals surface area contributed by atoms with E-state index in [4.69, 9.17) is 0 Å². The molecule has 0 radical (unpaired) electrons. The van der Waals surface area contributed by atoms with Gasteiger partial charge in [0.15, 0.2) is 0 Å². The zero-order chi connectivity index (χ0) is 0. The molecule has 0 atom stereocenters. The summed E-state index contributed by atoms with van der Waals surface area (Å²) in [5.74, 6) is 0. The Hall–Kier alpha value is 2.18. The van der Waals surface area contributed by atoms with Crippen molar-refractivity contribution in [3.63, 3.8) is 0 Å². The average molecular weight is 240 g/mol. The van der Waals surface area contributed by atoms with Crippen LogP contribution in [0.2, 0.25) is 0 Å². The van der Waals surface area contributed by atoms with Crippen LogP contribution in [0.25, 0.3) is 0 Å². The molecule has 0 spiro atoms. The van der Waals surface area contributed by atoms with Crippen molar-refractivity contribution in [2.24, 2.45) is 0 Å². The van der Waals surface area contributed by atoms with Crippen molar-refractivity contribution in [1.29, 1.82) is 0 Å². The van der Waals surface area contributed by atoms with Gasteiger partial charge in [-0.1, -0.05) is 0 Å². The maximum absolute atomic E-state index is 0. The fourth-order valence-electron chi connectivity index (χ4n) is 0. The average Bonchev–Trinajstić information content (AvgIpc) is 0. The molecule has 0 amide bonds. The maximum atomic E-state index is 0. The molecular formula is Ni3S2. The summed E-state index contributed by atoms with van der Waals surface area (Å²) in [6.07, 6.45) is 0. The maximum Gasteiger partial charge on any atom is 2.00 e. The van der Waals surface area contributed by atoms with E-state index in [0.29, 0.717) is 0 Å². The van der Waals surface area contributed by atoms with Gasteiger partial charge in [0.05, 0.1) is 0 Å². The first-order chi connectivity index (χ1) is 0. The third-order valence-corrected chi connectivity index (χ3v) is 0. The van der Waals surface area contributed by atoms with Gasteiger partial charge in [-0.2, -0.15) is 0 Å². The van der Waals surface area contributed by atoms with Gasteiger partial charge in [0.25, 0.3) is 0 Å². The molecule has 0 rings (SSSR count). The van der Waals surface area contributed by atoms with Gasteiger partial charge in [-0.25, -0.2) is 0 Å². The number of rotatable bonds is 0. The standard InChI is InChI=1S/3Ni.2S/q;2*+2;2*-2. The van der Waals surface area contributed by atoms with Gasteiger partial charge in [0.1, 0.15) is 0 Å². The second kappa shape index (κ2) is 34.9. The zero-order valence-electron chi connectivity index (χ0n) is 1.77. The molecule has 0 fully saturated rings. The van der Waals surface area contributed by atoms with E-state index in [1.807, 2.05) is 0 Å². The van der Waals surface area contributed by atoms with Crippen molar-refractivity contribution in [1.82, 2.24) is 0 Å². The van der Waals surface area contributed by atoms with Crippen LogP contribution in [0.5, 0.6) is 0 Å². The minimum atomic E-state index is 0. The van der Waals surface area contributed by atoms with Crippen molar-refractivity contribution in [2.45, 2.75) is 0 Å². The van der Waals surface area contributed by atoms with Crippen molar-refractivity contribution in [3.8, 4) is 0 Å². The molecule has 0 aromatic carbocycles. The first kappa shape index (κ1) is 57.7. The van der Waals surface area contributed by atoms with Crippen molar-refractivity contribution < 1.29 is 49.5 Å². The largest absolute Gasteiger partial charge is 2.00 e. The van der Waals surface area contributed by atoms with E-state index >= 15 is 0 Å². The summed E-state index contributed by atoms with van der Waals surface area (Å²) in [4.78, 5) is 0. The molecule has 0 saturated carbocycles. The molecule has 0 saturated heterocycles. The molecular weight excluding hydrogens is 240 g/mol. The van der Waals surface area contributed by atoms with Gasteiger partial charge >= 0.3 is 33.0 Å². The Morgan fingerprint density at radius 2 is 0.600 bits per heavy atom. The number of hydrogen-bond donors (Lipinski definition) is 0. The molecule has 0 aromatic heterocycles. The summed E-state index contributed by atoms with van der Waals surface area (Å²) in [6, 6.07) is 0. The van der Waals surface area contributed by atoms with E-state index in [-0.39, 0.29) is 76.5 Å². The molecule has 0 aliphatic rings. The normalized spacial score (nSPS) is 0. The Balaban J connectivity index is 0. The second-order valence-corrected chi connectivity index (χ2v) is 0. The van der Waals surface area contributed by atoms with Crippen LogP contribution in [-0.2, 0) is 76.5 Å². The van der Waals surface area contributed by atoms with Gasteiger partial charge in [0, 0.05) is 16.5 Å². The zero-order valence-corrected chi connectivity index (χ0v) is 6.36.